The molecule has 3 rings (SSSR count). The molecule has 7 nitrogen and oxygen atoms in total. The maximum atomic E-state index is 12.7. The van der Waals surface area contributed by atoms with E-state index in [2.05, 4.69) is 15.3 Å². The monoisotopic (exact) mass is 333 g/mol. The number of piperidine rings is 1. The number of carbonyl (C=O) groups is 2. The molecule has 132 valence electrons. The molecule has 2 amide bonds. The van der Waals surface area contributed by atoms with Crippen molar-refractivity contribution < 1.29 is 9.59 Å². The number of likely N-dealkylation sites (tertiary alicyclic amines) is 2. The predicted octanol–water partition coefficient (Wildman–Crippen LogP) is 0.684. The number of hydrogen-bond donors (Lipinski definition) is 1. The summed E-state index contributed by atoms with van der Waals surface area (Å²) < 4.78 is 1.82. The van der Waals surface area contributed by atoms with Gasteiger partial charge in [-0.2, -0.15) is 5.10 Å². The van der Waals surface area contributed by atoms with E-state index in [1.165, 1.54) is 12.5 Å². The van der Waals surface area contributed by atoms with Gasteiger partial charge in [0.25, 0.3) is 0 Å². The fourth-order valence-electron chi connectivity index (χ4n) is 3.89. The van der Waals surface area contributed by atoms with Gasteiger partial charge in [0.1, 0.15) is 0 Å². The van der Waals surface area contributed by atoms with Crippen LogP contribution < -0.4 is 5.32 Å². The van der Waals surface area contributed by atoms with Crippen molar-refractivity contribution in [1.29, 1.82) is 0 Å². The van der Waals surface area contributed by atoms with E-state index in [9.17, 15) is 9.59 Å². The van der Waals surface area contributed by atoms with Crippen LogP contribution in [0.3, 0.4) is 0 Å². The van der Waals surface area contributed by atoms with Crippen molar-refractivity contribution in [3.8, 4) is 0 Å². The van der Waals surface area contributed by atoms with E-state index >= 15 is 0 Å². The van der Waals surface area contributed by atoms with Crippen LogP contribution in [0.1, 0.15) is 44.2 Å². The number of nitrogens with zero attached hydrogens (tertiary/aromatic N) is 4. The summed E-state index contributed by atoms with van der Waals surface area (Å²) in [6.07, 6.45) is 8.03. The zero-order valence-electron chi connectivity index (χ0n) is 14.6. The third-order valence-corrected chi connectivity index (χ3v) is 4.99. The molecule has 0 unspecified atom stereocenters. The molecule has 2 aliphatic rings. The summed E-state index contributed by atoms with van der Waals surface area (Å²) in [5.41, 5.74) is 1.19. The fourth-order valence-corrected chi connectivity index (χ4v) is 3.89. The summed E-state index contributed by atoms with van der Waals surface area (Å²) in [5, 5.41) is 7.20. The number of rotatable bonds is 4. The highest BCUT2D eigenvalue weighted by Gasteiger charge is 2.31. The van der Waals surface area contributed by atoms with Crippen molar-refractivity contribution in [2.24, 2.45) is 7.05 Å². The van der Waals surface area contributed by atoms with Gasteiger partial charge in [0.15, 0.2) is 0 Å². The van der Waals surface area contributed by atoms with E-state index in [0.29, 0.717) is 19.1 Å². The molecule has 0 saturated carbocycles. The Hall–Kier alpha value is -1.89. The molecule has 2 fully saturated rings. The lowest BCUT2D eigenvalue weighted by atomic mass is 10.1. The Morgan fingerprint density at radius 2 is 2.08 bits per heavy atom. The lowest BCUT2D eigenvalue weighted by Gasteiger charge is -2.34. The van der Waals surface area contributed by atoms with E-state index in [-0.39, 0.29) is 17.9 Å². The minimum Gasteiger partial charge on any atom is -0.352 e. The summed E-state index contributed by atoms with van der Waals surface area (Å²) in [6.45, 7) is 4.36. The smallest absolute Gasteiger partial charge is 0.236 e. The molecule has 1 N–H and O–H groups in total. The van der Waals surface area contributed by atoms with Crippen molar-refractivity contribution in [3.05, 3.63) is 18.0 Å². The van der Waals surface area contributed by atoms with Crippen molar-refractivity contribution in [2.45, 2.75) is 44.7 Å². The maximum Gasteiger partial charge on any atom is 0.236 e. The SMILES string of the molecule is CC(=O)N[C@H]1CCCN(C(=O)CN2CCC[C@@H]2c2cnn(C)c2)C1. The number of nitrogens with one attached hydrogen (secondary N) is 1. The summed E-state index contributed by atoms with van der Waals surface area (Å²) in [7, 11) is 1.92. The Morgan fingerprint density at radius 1 is 1.29 bits per heavy atom. The van der Waals surface area contributed by atoms with E-state index < -0.39 is 0 Å². The molecule has 0 aliphatic carbocycles. The molecular weight excluding hydrogens is 306 g/mol. The summed E-state index contributed by atoms with van der Waals surface area (Å²) >= 11 is 0. The van der Waals surface area contributed by atoms with Gasteiger partial charge in [-0.3, -0.25) is 19.2 Å². The van der Waals surface area contributed by atoms with Crippen LogP contribution in [0.15, 0.2) is 12.4 Å². The van der Waals surface area contributed by atoms with Crippen LogP contribution in [0.25, 0.3) is 0 Å². The van der Waals surface area contributed by atoms with Gasteiger partial charge in [-0.05, 0) is 32.2 Å². The van der Waals surface area contributed by atoms with Crippen LogP contribution in [-0.4, -0.2) is 63.6 Å². The number of aromatic nitrogens is 2. The lowest BCUT2D eigenvalue weighted by molar-refractivity contribution is -0.134. The number of carbonyl (C=O) groups excluding carboxylic acids is 2. The first-order chi connectivity index (χ1) is 11.5. The molecule has 24 heavy (non-hydrogen) atoms. The van der Waals surface area contributed by atoms with Crippen molar-refractivity contribution in [3.63, 3.8) is 0 Å². The van der Waals surface area contributed by atoms with Gasteiger partial charge < -0.3 is 10.2 Å². The average Bonchev–Trinajstić information content (AvgIpc) is 3.15. The first kappa shape index (κ1) is 17.0. The molecular formula is C17H27N5O2. The topological polar surface area (TPSA) is 70.5 Å². The van der Waals surface area contributed by atoms with Gasteiger partial charge in [-0.1, -0.05) is 0 Å². The molecule has 0 spiro atoms. The van der Waals surface area contributed by atoms with Gasteiger partial charge in [0, 0.05) is 50.9 Å². The van der Waals surface area contributed by atoms with Gasteiger partial charge in [0.05, 0.1) is 12.7 Å². The zero-order chi connectivity index (χ0) is 17.1. The van der Waals surface area contributed by atoms with Gasteiger partial charge >= 0.3 is 0 Å². The van der Waals surface area contributed by atoms with Gasteiger partial charge in [0.2, 0.25) is 11.8 Å². The molecule has 0 bridgehead atoms. The second-order valence-electron chi connectivity index (χ2n) is 6.96. The zero-order valence-corrected chi connectivity index (χ0v) is 14.6. The Labute approximate surface area is 143 Å². The third kappa shape index (κ3) is 3.95. The third-order valence-electron chi connectivity index (χ3n) is 4.99. The van der Waals surface area contributed by atoms with E-state index in [4.69, 9.17) is 0 Å². The fraction of sp³-hybridized carbons (Fsp3) is 0.706. The van der Waals surface area contributed by atoms with Crippen LogP contribution in [0.4, 0.5) is 0 Å². The minimum absolute atomic E-state index is 0.0227. The van der Waals surface area contributed by atoms with Crippen molar-refractivity contribution in [1.82, 2.24) is 24.9 Å². The van der Waals surface area contributed by atoms with Crippen molar-refractivity contribution in [2.75, 3.05) is 26.2 Å². The molecule has 2 saturated heterocycles. The molecule has 0 aromatic carbocycles. The minimum atomic E-state index is -0.0227. The summed E-state index contributed by atoms with van der Waals surface area (Å²) in [6, 6.07) is 0.381. The van der Waals surface area contributed by atoms with Crippen LogP contribution in [0.2, 0.25) is 0 Å². The van der Waals surface area contributed by atoms with Crippen LogP contribution >= 0.6 is 0 Å². The standard InChI is InChI=1S/C17H27N5O2/c1-13(23)19-15-5-3-8-22(11-15)17(24)12-21-7-4-6-16(21)14-9-18-20(2)10-14/h9-10,15-16H,3-8,11-12H2,1-2H3,(H,19,23)/t15-,16+/m0/s1. The molecule has 7 heteroatoms. The Balaban J connectivity index is 1.58. The second kappa shape index (κ2) is 7.34. The van der Waals surface area contributed by atoms with Gasteiger partial charge in [-0.15, -0.1) is 0 Å². The molecule has 2 atom stereocenters. The second-order valence-corrected chi connectivity index (χ2v) is 6.96. The first-order valence-corrected chi connectivity index (χ1v) is 8.80. The number of amides is 2. The normalized spacial score (nSPS) is 25.0. The molecule has 2 aliphatic heterocycles. The maximum absolute atomic E-state index is 12.7. The molecule has 0 radical (unpaired) electrons. The van der Waals surface area contributed by atoms with Crippen LogP contribution in [0.5, 0.6) is 0 Å². The Kier molecular flexibility index (Phi) is 5.18. The summed E-state index contributed by atoms with van der Waals surface area (Å²) in [4.78, 5) is 28.1. The Bertz CT molecular complexity index is 600. The number of aryl methyl sites for hydroxylation is 1. The quantitative estimate of drug-likeness (QED) is 0.880. The molecule has 1 aromatic rings. The first-order valence-electron chi connectivity index (χ1n) is 8.80. The van der Waals surface area contributed by atoms with E-state index in [1.54, 1.807) is 0 Å². The highest BCUT2D eigenvalue weighted by Crippen LogP contribution is 2.31. The van der Waals surface area contributed by atoms with Crippen LogP contribution in [0, 0.1) is 0 Å². The largest absolute Gasteiger partial charge is 0.352 e. The van der Waals surface area contributed by atoms with E-state index in [1.807, 2.05) is 29.0 Å². The van der Waals surface area contributed by atoms with Gasteiger partial charge in [-0.25, -0.2) is 0 Å². The number of hydrogen-bond acceptors (Lipinski definition) is 4. The highest BCUT2D eigenvalue weighted by molar-refractivity contribution is 5.79. The summed E-state index contributed by atoms with van der Waals surface area (Å²) in [5.74, 6) is 0.145. The average molecular weight is 333 g/mol. The Morgan fingerprint density at radius 3 is 2.79 bits per heavy atom. The highest BCUT2D eigenvalue weighted by atomic mass is 16.2. The van der Waals surface area contributed by atoms with Crippen molar-refractivity contribution >= 4 is 11.8 Å². The van der Waals surface area contributed by atoms with Crippen LogP contribution in [-0.2, 0) is 16.6 Å². The van der Waals surface area contributed by atoms with E-state index in [0.717, 1.165) is 38.8 Å². The predicted molar refractivity (Wildman–Crippen MR) is 90.2 cm³/mol. The lowest BCUT2D eigenvalue weighted by Crippen LogP contribution is -2.51. The molecule has 3 heterocycles. The molecule has 1 aromatic heterocycles.